The molecule has 0 unspecified atom stereocenters. The summed E-state index contributed by atoms with van der Waals surface area (Å²) in [5.41, 5.74) is 4.68. The molecule has 0 aliphatic heterocycles. The number of hydrogen-bond donors (Lipinski definition) is 1. The van der Waals surface area contributed by atoms with Crippen molar-refractivity contribution >= 4 is 5.91 Å². The molecule has 1 amide bonds. The first-order valence-corrected chi connectivity index (χ1v) is 7.40. The first kappa shape index (κ1) is 16.0. The Morgan fingerprint density at radius 3 is 2.68 bits per heavy atom. The summed E-state index contributed by atoms with van der Waals surface area (Å²) in [5.74, 6) is 0.626. The van der Waals surface area contributed by atoms with Crippen LogP contribution in [0.3, 0.4) is 0 Å². The summed E-state index contributed by atoms with van der Waals surface area (Å²) in [6.07, 6.45) is 2.97. The second-order valence-electron chi connectivity index (χ2n) is 5.42. The molecule has 0 saturated heterocycles. The van der Waals surface area contributed by atoms with E-state index in [1.165, 1.54) is 16.7 Å². The minimum Gasteiger partial charge on any atom is -0.481 e. The zero-order valence-corrected chi connectivity index (χ0v) is 13.3. The lowest BCUT2D eigenvalue weighted by molar-refractivity contribution is -0.121. The number of amides is 1. The molecule has 1 heterocycles. The van der Waals surface area contributed by atoms with Crippen molar-refractivity contribution in [3.63, 3.8) is 0 Å². The number of nitrogens with zero attached hydrogens (tertiary/aromatic N) is 1. The molecule has 0 aliphatic rings. The van der Waals surface area contributed by atoms with Gasteiger partial charge in [0.25, 0.3) is 0 Å². The number of hydrogen-bond acceptors (Lipinski definition) is 3. The minimum atomic E-state index is 0.0517. The normalized spacial score (nSPS) is 10.3. The lowest BCUT2D eigenvalue weighted by Crippen LogP contribution is -2.23. The molecule has 22 heavy (non-hydrogen) atoms. The highest BCUT2D eigenvalue weighted by Gasteiger charge is 2.05. The summed E-state index contributed by atoms with van der Waals surface area (Å²) in [4.78, 5) is 16.0. The molecule has 1 N–H and O–H groups in total. The third-order valence-corrected chi connectivity index (χ3v) is 3.62. The zero-order chi connectivity index (χ0) is 15.9. The summed E-state index contributed by atoms with van der Waals surface area (Å²) in [7, 11) is 1.58. The Hall–Kier alpha value is -2.36. The maximum atomic E-state index is 11.9. The number of pyridine rings is 1. The molecule has 0 spiro atoms. The van der Waals surface area contributed by atoms with Crippen molar-refractivity contribution in [2.45, 2.75) is 33.2 Å². The van der Waals surface area contributed by atoms with E-state index < -0.39 is 0 Å². The fraction of sp³-hybridized carbons (Fsp3) is 0.333. The monoisotopic (exact) mass is 298 g/mol. The molecule has 0 radical (unpaired) electrons. The van der Waals surface area contributed by atoms with Crippen LogP contribution < -0.4 is 10.1 Å². The van der Waals surface area contributed by atoms with Crippen LogP contribution in [-0.2, 0) is 17.8 Å². The Labute approximate surface area is 131 Å². The van der Waals surface area contributed by atoms with Crippen molar-refractivity contribution in [3.8, 4) is 5.88 Å². The largest absolute Gasteiger partial charge is 0.481 e. The number of nitrogens with one attached hydrogen (secondary N) is 1. The van der Waals surface area contributed by atoms with Gasteiger partial charge < -0.3 is 10.1 Å². The lowest BCUT2D eigenvalue weighted by Gasteiger charge is -2.08. The second-order valence-corrected chi connectivity index (χ2v) is 5.42. The van der Waals surface area contributed by atoms with Crippen LogP contribution in [0, 0.1) is 13.8 Å². The van der Waals surface area contributed by atoms with Crippen LogP contribution in [0.25, 0.3) is 0 Å². The molecular formula is C18H22N2O2. The first-order chi connectivity index (χ1) is 10.6. The number of benzene rings is 1. The zero-order valence-electron chi connectivity index (χ0n) is 13.3. The van der Waals surface area contributed by atoms with Gasteiger partial charge in [-0.25, -0.2) is 4.98 Å². The molecule has 1 aromatic heterocycles. The van der Waals surface area contributed by atoms with Crippen molar-refractivity contribution in [3.05, 3.63) is 58.8 Å². The predicted molar refractivity (Wildman–Crippen MR) is 86.9 cm³/mol. The van der Waals surface area contributed by atoms with Gasteiger partial charge in [0.15, 0.2) is 0 Å². The van der Waals surface area contributed by atoms with Gasteiger partial charge in [-0.05, 0) is 37.0 Å². The molecule has 0 saturated carbocycles. The van der Waals surface area contributed by atoms with Crippen LogP contribution in [0.1, 0.15) is 28.7 Å². The molecule has 0 aliphatic carbocycles. The van der Waals surface area contributed by atoms with E-state index in [4.69, 9.17) is 4.74 Å². The molecular weight excluding hydrogens is 276 g/mol. The van der Waals surface area contributed by atoms with E-state index in [0.717, 1.165) is 12.0 Å². The van der Waals surface area contributed by atoms with Crippen molar-refractivity contribution < 1.29 is 9.53 Å². The SMILES string of the molecule is COc1ccc(CNC(=O)CCc2ccc(C)cc2C)cn1. The van der Waals surface area contributed by atoms with Crippen molar-refractivity contribution in [2.24, 2.45) is 0 Å². The maximum absolute atomic E-state index is 11.9. The van der Waals surface area contributed by atoms with Crippen LogP contribution in [0.2, 0.25) is 0 Å². The summed E-state index contributed by atoms with van der Waals surface area (Å²) >= 11 is 0. The summed E-state index contributed by atoms with van der Waals surface area (Å²) in [6, 6.07) is 10.0. The Kier molecular flexibility index (Phi) is 5.53. The molecule has 4 heteroatoms. The number of aryl methyl sites for hydroxylation is 3. The lowest BCUT2D eigenvalue weighted by atomic mass is 10.0. The molecule has 116 valence electrons. The fourth-order valence-electron chi connectivity index (χ4n) is 2.30. The molecule has 0 fully saturated rings. The van der Waals surface area contributed by atoms with Gasteiger partial charge in [0, 0.05) is 25.2 Å². The number of aromatic nitrogens is 1. The van der Waals surface area contributed by atoms with Crippen LogP contribution in [0.4, 0.5) is 0 Å². The number of methoxy groups -OCH3 is 1. The summed E-state index contributed by atoms with van der Waals surface area (Å²) < 4.78 is 5.00. The van der Waals surface area contributed by atoms with Crippen LogP contribution in [0.5, 0.6) is 5.88 Å². The van der Waals surface area contributed by atoms with E-state index in [0.29, 0.717) is 18.8 Å². The van der Waals surface area contributed by atoms with Gasteiger partial charge in [0.05, 0.1) is 7.11 Å². The Balaban J connectivity index is 1.80. The highest BCUT2D eigenvalue weighted by Crippen LogP contribution is 2.12. The van der Waals surface area contributed by atoms with Gasteiger partial charge in [-0.15, -0.1) is 0 Å². The van der Waals surface area contributed by atoms with E-state index in [1.807, 2.05) is 6.07 Å². The van der Waals surface area contributed by atoms with E-state index >= 15 is 0 Å². The first-order valence-electron chi connectivity index (χ1n) is 7.40. The topological polar surface area (TPSA) is 51.2 Å². The van der Waals surface area contributed by atoms with Gasteiger partial charge >= 0.3 is 0 Å². The van der Waals surface area contributed by atoms with E-state index in [-0.39, 0.29) is 5.91 Å². The molecule has 2 aromatic rings. The number of carbonyl (C=O) groups is 1. The maximum Gasteiger partial charge on any atom is 0.220 e. The molecule has 4 nitrogen and oxygen atoms in total. The Bertz CT molecular complexity index is 636. The standard InChI is InChI=1S/C18H22N2O2/c1-13-4-6-16(14(2)10-13)7-8-17(21)19-11-15-5-9-18(22-3)20-12-15/h4-6,9-10,12H,7-8,11H2,1-3H3,(H,19,21). The van der Waals surface area contributed by atoms with Gasteiger partial charge in [0.2, 0.25) is 11.8 Å². The van der Waals surface area contributed by atoms with E-state index in [2.05, 4.69) is 42.3 Å². The number of carbonyl (C=O) groups excluding carboxylic acids is 1. The highest BCUT2D eigenvalue weighted by molar-refractivity contribution is 5.76. The molecule has 1 aromatic carbocycles. The smallest absolute Gasteiger partial charge is 0.220 e. The van der Waals surface area contributed by atoms with Gasteiger partial charge in [-0.2, -0.15) is 0 Å². The fourth-order valence-corrected chi connectivity index (χ4v) is 2.30. The second kappa shape index (κ2) is 7.59. The summed E-state index contributed by atoms with van der Waals surface area (Å²) in [5, 5.41) is 2.92. The molecule has 0 atom stereocenters. The predicted octanol–water partition coefficient (Wildman–Crippen LogP) is 2.96. The highest BCUT2D eigenvalue weighted by atomic mass is 16.5. The van der Waals surface area contributed by atoms with Crippen molar-refractivity contribution in [1.29, 1.82) is 0 Å². The third-order valence-electron chi connectivity index (χ3n) is 3.62. The van der Waals surface area contributed by atoms with Gasteiger partial charge in [0.1, 0.15) is 0 Å². The Morgan fingerprint density at radius 1 is 1.23 bits per heavy atom. The average molecular weight is 298 g/mol. The number of rotatable bonds is 6. The quantitative estimate of drug-likeness (QED) is 0.892. The van der Waals surface area contributed by atoms with Gasteiger partial charge in [-0.1, -0.05) is 29.8 Å². The van der Waals surface area contributed by atoms with Crippen LogP contribution >= 0.6 is 0 Å². The third kappa shape index (κ3) is 4.58. The van der Waals surface area contributed by atoms with Gasteiger partial charge in [-0.3, -0.25) is 4.79 Å². The van der Waals surface area contributed by atoms with Crippen LogP contribution in [-0.4, -0.2) is 18.0 Å². The van der Waals surface area contributed by atoms with Crippen LogP contribution in [0.15, 0.2) is 36.5 Å². The van der Waals surface area contributed by atoms with E-state index in [1.54, 1.807) is 19.4 Å². The number of ether oxygens (including phenoxy) is 1. The van der Waals surface area contributed by atoms with Crippen molar-refractivity contribution in [2.75, 3.05) is 7.11 Å². The molecule has 2 rings (SSSR count). The van der Waals surface area contributed by atoms with E-state index in [9.17, 15) is 4.79 Å². The minimum absolute atomic E-state index is 0.0517. The Morgan fingerprint density at radius 2 is 2.05 bits per heavy atom. The van der Waals surface area contributed by atoms with Crippen molar-refractivity contribution in [1.82, 2.24) is 10.3 Å². The summed E-state index contributed by atoms with van der Waals surface area (Å²) in [6.45, 7) is 4.65. The average Bonchev–Trinajstić information content (AvgIpc) is 2.52. The molecule has 0 bridgehead atoms.